The van der Waals surface area contributed by atoms with Crippen LogP contribution in [-0.4, -0.2) is 42.0 Å². The lowest BCUT2D eigenvalue weighted by Crippen LogP contribution is -2.38. The van der Waals surface area contributed by atoms with Gasteiger partial charge in [0.05, 0.1) is 6.42 Å². The molecular weight excluding hydrogens is 268 g/mol. The number of nitrogens with zero attached hydrogens (tertiary/aromatic N) is 1. The molecule has 21 heavy (non-hydrogen) atoms. The summed E-state index contributed by atoms with van der Waals surface area (Å²) in [6, 6.07) is 12.6. The molecule has 2 rings (SSSR count). The van der Waals surface area contributed by atoms with E-state index in [4.69, 9.17) is 5.11 Å². The predicted octanol–water partition coefficient (Wildman–Crippen LogP) is 2.18. The summed E-state index contributed by atoms with van der Waals surface area (Å²) in [5.74, 6) is -1.32. The second kappa shape index (κ2) is 6.37. The van der Waals surface area contributed by atoms with Crippen molar-refractivity contribution in [3.8, 4) is 0 Å². The first-order chi connectivity index (χ1) is 9.97. The molecule has 1 atom stereocenters. The van der Waals surface area contributed by atoms with Crippen molar-refractivity contribution in [2.45, 2.75) is 12.5 Å². The number of aliphatic carboxylic acids is 1. The second-order valence-corrected chi connectivity index (χ2v) is 5.13. The van der Waals surface area contributed by atoms with Crippen LogP contribution >= 0.6 is 0 Å². The molecule has 0 fully saturated rings. The highest BCUT2D eigenvalue weighted by Gasteiger charge is 2.23. The van der Waals surface area contributed by atoms with Gasteiger partial charge >= 0.3 is 5.97 Å². The van der Waals surface area contributed by atoms with Crippen LogP contribution in [0, 0.1) is 0 Å². The highest BCUT2D eigenvalue weighted by molar-refractivity contribution is 5.96. The molecule has 0 aliphatic rings. The Bertz CT molecular complexity index is 667. The summed E-state index contributed by atoms with van der Waals surface area (Å²) in [6.07, 6.45) is -0.0881. The van der Waals surface area contributed by atoms with Gasteiger partial charge in [-0.15, -0.1) is 0 Å². The van der Waals surface area contributed by atoms with E-state index in [-0.39, 0.29) is 12.3 Å². The van der Waals surface area contributed by atoms with E-state index < -0.39 is 12.0 Å². The summed E-state index contributed by atoms with van der Waals surface area (Å²) in [7, 11) is 3.28. The van der Waals surface area contributed by atoms with Crippen LogP contribution < -0.4 is 5.32 Å². The van der Waals surface area contributed by atoms with Crippen molar-refractivity contribution in [2.24, 2.45) is 0 Å². The zero-order valence-electron chi connectivity index (χ0n) is 12.0. The van der Waals surface area contributed by atoms with Gasteiger partial charge in [0.25, 0.3) is 0 Å². The molecule has 0 saturated heterocycles. The number of nitrogens with one attached hydrogen (secondary N) is 1. The maximum atomic E-state index is 12.0. The fourth-order valence-electron chi connectivity index (χ4n) is 2.15. The average Bonchev–Trinajstić information content (AvgIpc) is 2.44. The van der Waals surface area contributed by atoms with Gasteiger partial charge in [-0.1, -0.05) is 30.3 Å². The van der Waals surface area contributed by atoms with Gasteiger partial charge in [-0.2, -0.15) is 0 Å². The number of carboxylic acid groups (broad SMARTS) is 1. The third-order valence-electron chi connectivity index (χ3n) is 3.32. The van der Waals surface area contributed by atoms with Crippen molar-refractivity contribution in [3.63, 3.8) is 0 Å². The highest BCUT2D eigenvalue weighted by atomic mass is 16.4. The minimum absolute atomic E-state index is 0.0881. The standard InChI is InChI=1S/C16H18N2O3/c1-18(2)14(16(20)21)10-15(19)17-13-8-7-11-5-3-4-6-12(11)9-13/h3-9,14H,10H2,1-2H3,(H,17,19)(H,20,21). The molecule has 0 aliphatic carbocycles. The van der Waals surface area contributed by atoms with Crippen molar-refractivity contribution < 1.29 is 14.7 Å². The molecule has 0 saturated carbocycles. The molecule has 0 aromatic heterocycles. The van der Waals surface area contributed by atoms with Crippen LogP contribution in [-0.2, 0) is 9.59 Å². The third-order valence-corrected chi connectivity index (χ3v) is 3.32. The fraction of sp³-hybridized carbons (Fsp3) is 0.250. The quantitative estimate of drug-likeness (QED) is 0.884. The van der Waals surface area contributed by atoms with Gasteiger partial charge in [-0.05, 0) is 37.0 Å². The Morgan fingerprint density at radius 1 is 1.14 bits per heavy atom. The van der Waals surface area contributed by atoms with E-state index in [9.17, 15) is 9.59 Å². The minimum atomic E-state index is -1.01. The summed E-state index contributed by atoms with van der Waals surface area (Å²) in [4.78, 5) is 24.6. The van der Waals surface area contributed by atoms with E-state index in [0.717, 1.165) is 10.8 Å². The van der Waals surface area contributed by atoms with Gasteiger partial charge in [0, 0.05) is 5.69 Å². The summed E-state index contributed by atoms with van der Waals surface area (Å²) in [6.45, 7) is 0. The molecule has 2 aromatic rings. The van der Waals surface area contributed by atoms with Crippen molar-refractivity contribution in [1.29, 1.82) is 0 Å². The number of carboxylic acids is 1. The normalized spacial score (nSPS) is 12.3. The Labute approximate surface area is 123 Å². The third kappa shape index (κ3) is 3.79. The van der Waals surface area contributed by atoms with E-state index in [1.807, 2.05) is 42.5 Å². The number of anilines is 1. The Morgan fingerprint density at radius 3 is 2.43 bits per heavy atom. The summed E-state index contributed by atoms with van der Waals surface area (Å²) in [5.41, 5.74) is 0.668. The topological polar surface area (TPSA) is 69.6 Å². The molecule has 2 aromatic carbocycles. The average molecular weight is 286 g/mol. The molecule has 0 radical (unpaired) electrons. The molecule has 5 heteroatoms. The minimum Gasteiger partial charge on any atom is -0.480 e. The van der Waals surface area contributed by atoms with E-state index >= 15 is 0 Å². The molecular formula is C16H18N2O3. The maximum absolute atomic E-state index is 12.0. The van der Waals surface area contributed by atoms with Gasteiger partial charge in [0.2, 0.25) is 5.91 Å². The molecule has 1 unspecified atom stereocenters. The number of carbonyl (C=O) groups excluding carboxylic acids is 1. The fourth-order valence-corrected chi connectivity index (χ4v) is 2.15. The zero-order valence-corrected chi connectivity index (χ0v) is 12.0. The molecule has 0 bridgehead atoms. The summed E-state index contributed by atoms with van der Waals surface area (Å²) >= 11 is 0. The van der Waals surface area contributed by atoms with E-state index in [2.05, 4.69) is 5.32 Å². The van der Waals surface area contributed by atoms with Gasteiger partial charge in [-0.25, -0.2) is 0 Å². The second-order valence-electron chi connectivity index (χ2n) is 5.13. The number of hydrogen-bond donors (Lipinski definition) is 2. The molecule has 1 amide bonds. The van der Waals surface area contributed by atoms with Gasteiger partial charge in [0.1, 0.15) is 6.04 Å². The lowest BCUT2D eigenvalue weighted by atomic mass is 10.1. The number of rotatable bonds is 5. The lowest BCUT2D eigenvalue weighted by molar-refractivity contribution is -0.144. The number of benzene rings is 2. The molecule has 5 nitrogen and oxygen atoms in total. The van der Waals surface area contributed by atoms with Gasteiger partial charge in [0.15, 0.2) is 0 Å². The van der Waals surface area contributed by atoms with Crippen LogP contribution in [0.5, 0.6) is 0 Å². The Hall–Kier alpha value is -2.40. The van der Waals surface area contributed by atoms with Crippen LogP contribution in [0.15, 0.2) is 42.5 Å². The number of hydrogen-bond acceptors (Lipinski definition) is 3. The van der Waals surface area contributed by atoms with Crippen molar-refractivity contribution in [2.75, 3.05) is 19.4 Å². The number of likely N-dealkylation sites (N-methyl/N-ethyl adjacent to an activating group) is 1. The Balaban J connectivity index is 2.08. The van der Waals surface area contributed by atoms with E-state index in [0.29, 0.717) is 5.69 Å². The van der Waals surface area contributed by atoms with Gasteiger partial charge in [-0.3, -0.25) is 14.5 Å². The first-order valence-corrected chi connectivity index (χ1v) is 6.65. The van der Waals surface area contributed by atoms with Crippen LogP contribution in [0.1, 0.15) is 6.42 Å². The van der Waals surface area contributed by atoms with Crippen molar-refractivity contribution in [1.82, 2.24) is 4.90 Å². The zero-order chi connectivity index (χ0) is 15.4. The lowest BCUT2D eigenvalue weighted by Gasteiger charge is -2.19. The first-order valence-electron chi connectivity index (χ1n) is 6.65. The van der Waals surface area contributed by atoms with Crippen LogP contribution in [0.2, 0.25) is 0 Å². The molecule has 2 N–H and O–H groups in total. The van der Waals surface area contributed by atoms with Crippen molar-refractivity contribution in [3.05, 3.63) is 42.5 Å². The highest BCUT2D eigenvalue weighted by Crippen LogP contribution is 2.19. The maximum Gasteiger partial charge on any atom is 0.321 e. The number of amides is 1. The smallest absolute Gasteiger partial charge is 0.321 e. The van der Waals surface area contributed by atoms with E-state index in [1.165, 1.54) is 4.90 Å². The Morgan fingerprint density at radius 2 is 1.81 bits per heavy atom. The molecule has 0 spiro atoms. The first kappa shape index (κ1) is 15.0. The van der Waals surface area contributed by atoms with Crippen LogP contribution in [0.3, 0.4) is 0 Å². The van der Waals surface area contributed by atoms with Crippen molar-refractivity contribution >= 4 is 28.3 Å². The van der Waals surface area contributed by atoms with Crippen LogP contribution in [0.25, 0.3) is 10.8 Å². The SMILES string of the molecule is CN(C)C(CC(=O)Nc1ccc2ccccc2c1)C(=O)O. The molecule has 0 aliphatic heterocycles. The molecule has 0 heterocycles. The number of fused-ring (bicyclic) bond motifs is 1. The van der Waals surface area contributed by atoms with Crippen LogP contribution in [0.4, 0.5) is 5.69 Å². The summed E-state index contributed by atoms with van der Waals surface area (Å²) in [5, 5.41) is 13.9. The largest absolute Gasteiger partial charge is 0.480 e. The van der Waals surface area contributed by atoms with E-state index in [1.54, 1.807) is 14.1 Å². The van der Waals surface area contributed by atoms with Gasteiger partial charge < -0.3 is 10.4 Å². The Kier molecular flexibility index (Phi) is 4.55. The summed E-state index contributed by atoms with van der Waals surface area (Å²) < 4.78 is 0. The molecule has 110 valence electrons. The predicted molar refractivity (Wildman–Crippen MR) is 82.3 cm³/mol. The monoisotopic (exact) mass is 286 g/mol. The number of carbonyl (C=O) groups is 2.